The minimum atomic E-state index is -2.94. The molecule has 0 fully saturated rings. The second-order valence-electron chi connectivity index (χ2n) is 12.1. The third-order valence-electron chi connectivity index (χ3n) is 8.59. The van der Waals surface area contributed by atoms with E-state index in [-0.39, 0.29) is 5.04 Å². The molecule has 216 valence electrons. The zero-order valence-corrected chi connectivity index (χ0v) is 28.5. The van der Waals surface area contributed by atoms with Gasteiger partial charge in [-0.3, -0.25) is 0 Å². The zero-order valence-electron chi connectivity index (χ0n) is 25.0. The molecule has 0 aromatic heterocycles. The average molecular weight is 654 g/mol. The topological polar surface area (TPSA) is 9.23 Å². The van der Waals surface area contributed by atoms with Crippen LogP contribution in [0.5, 0.6) is 0 Å². The van der Waals surface area contributed by atoms with Crippen molar-refractivity contribution in [1.29, 1.82) is 0 Å². The molecule has 5 rings (SSSR count). The zero-order chi connectivity index (χ0) is 29.5. The van der Waals surface area contributed by atoms with Gasteiger partial charge < -0.3 is 0 Å². The molecule has 0 N–H and O–H groups in total. The molecule has 0 amide bonds. The molecule has 0 heterocycles. The molecular formula is C38H42BrOPSi. The number of unbranched alkanes of at least 4 members (excludes halogenated alkanes) is 1. The van der Waals surface area contributed by atoms with Crippen LogP contribution in [0.25, 0.3) is 0 Å². The summed E-state index contributed by atoms with van der Waals surface area (Å²) in [5.74, 6) is 0. The van der Waals surface area contributed by atoms with Gasteiger partial charge in [0.25, 0.3) is 0 Å². The van der Waals surface area contributed by atoms with Gasteiger partial charge in [0.05, 0.1) is 0 Å². The Morgan fingerprint density at radius 2 is 0.857 bits per heavy atom. The summed E-state index contributed by atoms with van der Waals surface area (Å²) in [7, 11) is -2.56. The number of rotatable bonds is 11. The standard InChI is InChI=1S/C38H42BrOPSi/c1-38(2,3)42(36-27-15-7-16-28-36,37-29-17-8-18-30-37)40-31-19-20-32-41(39,33-21-9-4-10-22-33,34-23-11-5-12-24-34)35-25-13-6-14-26-35/h4-18,21-30H,19-20,31-32H2,1-3H3. The summed E-state index contributed by atoms with van der Waals surface area (Å²) in [5.41, 5.74) is 0. The number of benzene rings is 5. The van der Waals surface area contributed by atoms with E-state index in [1.54, 1.807) is 0 Å². The van der Waals surface area contributed by atoms with Crippen LogP contribution < -0.4 is 26.3 Å². The molecule has 4 heteroatoms. The van der Waals surface area contributed by atoms with E-state index in [2.05, 4.69) is 188 Å². The minimum absolute atomic E-state index is 0.0253. The summed E-state index contributed by atoms with van der Waals surface area (Å²) in [6.45, 7) is 7.78. The van der Waals surface area contributed by atoms with Crippen molar-refractivity contribution < 1.29 is 4.43 Å². The SMILES string of the molecule is CC(C)(C)[Si](OCCCCP(Br)(c1ccccc1)(c1ccccc1)c1ccccc1)(c1ccccc1)c1ccccc1. The third kappa shape index (κ3) is 5.61. The molecule has 0 aliphatic heterocycles. The van der Waals surface area contributed by atoms with Crippen LogP contribution in [0.1, 0.15) is 33.6 Å². The molecule has 0 aliphatic carbocycles. The molecule has 0 spiro atoms. The first-order chi connectivity index (χ1) is 20.3. The molecular weight excluding hydrogens is 611 g/mol. The Morgan fingerprint density at radius 1 is 0.524 bits per heavy atom. The fourth-order valence-corrected chi connectivity index (χ4v) is 18.9. The maximum atomic E-state index is 7.27. The molecule has 0 atom stereocenters. The van der Waals surface area contributed by atoms with Crippen molar-refractivity contribution in [2.75, 3.05) is 12.8 Å². The predicted molar refractivity (Wildman–Crippen MR) is 192 cm³/mol. The molecule has 5 aromatic carbocycles. The van der Waals surface area contributed by atoms with Crippen molar-refractivity contribution in [2.45, 2.75) is 38.7 Å². The van der Waals surface area contributed by atoms with Crippen molar-refractivity contribution in [1.82, 2.24) is 0 Å². The van der Waals surface area contributed by atoms with E-state index >= 15 is 0 Å². The Hall–Kier alpha value is -2.81. The van der Waals surface area contributed by atoms with Crippen LogP contribution in [-0.2, 0) is 4.43 Å². The summed E-state index contributed by atoms with van der Waals surface area (Å²) in [5, 5.41) is 3.82. The first kappa shape index (κ1) is 30.6. The van der Waals surface area contributed by atoms with Crippen LogP contribution in [0.2, 0.25) is 5.04 Å². The summed E-state index contributed by atoms with van der Waals surface area (Å²) in [6, 6.07) is 55.2. The molecule has 5 aromatic rings. The van der Waals surface area contributed by atoms with E-state index in [0.717, 1.165) is 25.6 Å². The van der Waals surface area contributed by atoms with E-state index in [9.17, 15) is 0 Å². The number of hydrogen-bond donors (Lipinski definition) is 0. The van der Waals surface area contributed by atoms with Crippen molar-refractivity contribution >= 4 is 55.4 Å². The predicted octanol–water partition coefficient (Wildman–Crippen LogP) is 8.18. The summed E-state index contributed by atoms with van der Waals surface area (Å²) >= 11 is 4.61. The molecule has 0 saturated heterocycles. The van der Waals surface area contributed by atoms with Crippen LogP contribution in [0.4, 0.5) is 0 Å². The van der Waals surface area contributed by atoms with Gasteiger partial charge in [-0.2, -0.15) is 0 Å². The monoisotopic (exact) mass is 652 g/mol. The van der Waals surface area contributed by atoms with Crippen LogP contribution >= 0.6 is 20.8 Å². The van der Waals surface area contributed by atoms with E-state index in [0.29, 0.717) is 0 Å². The van der Waals surface area contributed by atoms with Gasteiger partial charge in [-0.1, -0.05) is 0 Å². The molecule has 0 bridgehead atoms. The van der Waals surface area contributed by atoms with E-state index in [1.165, 1.54) is 26.3 Å². The average Bonchev–Trinajstić information content (AvgIpc) is 3.04. The van der Waals surface area contributed by atoms with Gasteiger partial charge in [0.2, 0.25) is 0 Å². The fraction of sp³-hybridized carbons (Fsp3) is 0.211. The summed E-state index contributed by atoms with van der Waals surface area (Å²) in [6.07, 6.45) is 3.05. The van der Waals surface area contributed by atoms with E-state index < -0.39 is 13.6 Å². The van der Waals surface area contributed by atoms with Gasteiger partial charge in [-0.05, 0) is 0 Å². The normalized spacial score (nSPS) is 13.3. The molecule has 1 nitrogen and oxygen atoms in total. The Bertz CT molecular complexity index is 1400. The van der Waals surface area contributed by atoms with Gasteiger partial charge in [0, 0.05) is 0 Å². The second-order valence-corrected chi connectivity index (χ2v) is 25.5. The first-order valence-electron chi connectivity index (χ1n) is 15.0. The molecule has 42 heavy (non-hydrogen) atoms. The van der Waals surface area contributed by atoms with E-state index in [1.807, 2.05) is 0 Å². The quantitative estimate of drug-likeness (QED) is 0.0794. The van der Waals surface area contributed by atoms with Crippen molar-refractivity contribution in [2.24, 2.45) is 0 Å². The van der Waals surface area contributed by atoms with Gasteiger partial charge in [0.15, 0.2) is 0 Å². The number of hydrogen-bond acceptors (Lipinski definition) is 1. The Balaban J connectivity index is 1.49. The van der Waals surface area contributed by atoms with Gasteiger partial charge >= 0.3 is 263 Å². The van der Waals surface area contributed by atoms with Gasteiger partial charge in [-0.15, -0.1) is 0 Å². The van der Waals surface area contributed by atoms with Crippen LogP contribution in [-0.4, -0.2) is 21.1 Å². The first-order valence-corrected chi connectivity index (χ1v) is 21.3. The summed E-state index contributed by atoms with van der Waals surface area (Å²) < 4.78 is 7.27. The van der Waals surface area contributed by atoms with Crippen molar-refractivity contribution in [3.63, 3.8) is 0 Å². The van der Waals surface area contributed by atoms with Crippen LogP contribution in [0.3, 0.4) is 0 Å². The van der Waals surface area contributed by atoms with Crippen molar-refractivity contribution in [3.05, 3.63) is 152 Å². The van der Waals surface area contributed by atoms with Crippen molar-refractivity contribution in [3.8, 4) is 0 Å². The Morgan fingerprint density at radius 3 is 1.19 bits per heavy atom. The Kier molecular flexibility index (Phi) is 9.35. The molecule has 0 radical (unpaired) electrons. The summed E-state index contributed by atoms with van der Waals surface area (Å²) in [4.78, 5) is 0. The van der Waals surface area contributed by atoms with Crippen LogP contribution in [0, 0.1) is 0 Å². The van der Waals surface area contributed by atoms with Crippen LogP contribution in [0.15, 0.2) is 152 Å². The fourth-order valence-electron chi connectivity index (χ4n) is 6.55. The molecule has 0 saturated carbocycles. The molecule has 0 unspecified atom stereocenters. The van der Waals surface area contributed by atoms with E-state index in [4.69, 9.17) is 4.43 Å². The molecule has 0 aliphatic rings. The number of halogens is 1. The third-order valence-corrected chi connectivity index (χ3v) is 23.7. The van der Waals surface area contributed by atoms with Gasteiger partial charge in [-0.25, -0.2) is 0 Å². The maximum absolute atomic E-state index is 7.27. The second kappa shape index (κ2) is 12.8. The van der Waals surface area contributed by atoms with Gasteiger partial charge in [0.1, 0.15) is 0 Å². The Labute approximate surface area is 261 Å².